The molecule has 6 heteroatoms. The fraction of sp³-hybridized carbons (Fsp3) is 0.143. The number of carboxylic acid groups (broad SMARTS) is 1. The molecular formula is C21H19NO4S. The molecule has 5 nitrogen and oxygen atoms in total. The molecule has 0 radical (unpaired) electrons. The van der Waals surface area contributed by atoms with Gasteiger partial charge in [0.2, 0.25) is 0 Å². The molecule has 2 atom stereocenters. The Bertz CT molecular complexity index is 988. The van der Waals surface area contributed by atoms with E-state index in [1.807, 2.05) is 36.4 Å². The Labute approximate surface area is 159 Å². The highest BCUT2D eigenvalue weighted by Crippen LogP contribution is 2.16. The van der Waals surface area contributed by atoms with Crippen LogP contribution in [0.2, 0.25) is 0 Å². The third-order valence-electron chi connectivity index (χ3n) is 4.21. The molecule has 27 heavy (non-hydrogen) atoms. The largest absolute Gasteiger partial charge is 0.480 e. The smallest absolute Gasteiger partial charge is 0.326 e. The molecule has 0 saturated heterocycles. The third-order valence-corrected chi connectivity index (χ3v) is 5.62. The van der Waals surface area contributed by atoms with Crippen LogP contribution in [0.25, 0.3) is 10.8 Å². The molecular weight excluding hydrogens is 362 g/mol. The van der Waals surface area contributed by atoms with Crippen LogP contribution in [0.1, 0.15) is 16.8 Å². The average molecular weight is 381 g/mol. The Hall–Kier alpha value is -2.99. The van der Waals surface area contributed by atoms with Crippen molar-refractivity contribution in [3.8, 4) is 0 Å². The summed E-state index contributed by atoms with van der Waals surface area (Å²) in [5.74, 6) is -1.45. The van der Waals surface area contributed by atoms with Crippen molar-refractivity contribution in [3.63, 3.8) is 0 Å². The van der Waals surface area contributed by atoms with E-state index in [0.717, 1.165) is 10.8 Å². The molecule has 0 aromatic heterocycles. The molecule has 0 bridgehead atoms. The van der Waals surface area contributed by atoms with Crippen LogP contribution < -0.4 is 5.32 Å². The van der Waals surface area contributed by atoms with Crippen molar-refractivity contribution in [3.05, 3.63) is 78.4 Å². The number of carbonyl (C=O) groups is 2. The molecule has 3 rings (SSSR count). The van der Waals surface area contributed by atoms with Crippen LogP contribution in [0.3, 0.4) is 0 Å². The first-order valence-electron chi connectivity index (χ1n) is 8.50. The Kier molecular flexibility index (Phi) is 5.98. The quantitative estimate of drug-likeness (QED) is 0.658. The van der Waals surface area contributed by atoms with E-state index in [1.54, 1.807) is 36.4 Å². The van der Waals surface area contributed by atoms with E-state index in [2.05, 4.69) is 5.32 Å². The number of amides is 1. The summed E-state index contributed by atoms with van der Waals surface area (Å²) >= 11 is 0. The third kappa shape index (κ3) is 4.80. The van der Waals surface area contributed by atoms with Gasteiger partial charge >= 0.3 is 5.97 Å². The van der Waals surface area contributed by atoms with Gasteiger partial charge in [0.15, 0.2) is 0 Å². The lowest BCUT2D eigenvalue weighted by Crippen LogP contribution is -2.41. The molecule has 0 fully saturated rings. The number of fused-ring (bicyclic) bond motifs is 1. The van der Waals surface area contributed by atoms with Crippen molar-refractivity contribution in [1.29, 1.82) is 0 Å². The van der Waals surface area contributed by atoms with Crippen LogP contribution >= 0.6 is 0 Å². The van der Waals surface area contributed by atoms with Gasteiger partial charge in [-0.15, -0.1) is 0 Å². The summed E-state index contributed by atoms with van der Waals surface area (Å²) in [5, 5.41) is 13.8. The average Bonchev–Trinajstić information content (AvgIpc) is 2.70. The Balaban J connectivity index is 1.67. The molecule has 0 unspecified atom stereocenters. The van der Waals surface area contributed by atoms with E-state index in [4.69, 9.17) is 0 Å². The van der Waals surface area contributed by atoms with Crippen LogP contribution in [0.5, 0.6) is 0 Å². The van der Waals surface area contributed by atoms with Crippen molar-refractivity contribution in [2.75, 3.05) is 5.75 Å². The maximum Gasteiger partial charge on any atom is 0.326 e. The SMILES string of the molecule is O=C(N[C@H](CC[S@@](=O)c1ccccc1)C(=O)O)c1ccc2ccccc2c1. The van der Waals surface area contributed by atoms with Crippen LogP contribution in [0, 0.1) is 0 Å². The predicted octanol–water partition coefficient (Wildman–Crippen LogP) is 3.22. The maximum absolute atomic E-state index is 12.5. The van der Waals surface area contributed by atoms with Gasteiger partial charge in [-0.1, -0.05) is 48.5 Å². The summed E-state index contributed by atoms with van der Waals surface area (Å²) in [6.45, 7) is 0. The Morgan fingerprint density at radius 2 is 1.59 bits per heavy atom. The fourth-order valence-corrected chi connectivity index (χ4v) is 3.89. The van der Waals surface area contributed by atoms with Crippen molar-refractivity contribution in [2.45, 2.75) is 17.4 Å². The highest BCUT2D eigenvalue weighted by atomic mass is 32.2. The summed E-state index contributed by atoms with van der Waals surface area (Å²) in [4.78, 5) is 24.6. The van der Waals surface area contributed by atoms with E-state index in [-0.39, 0.29) is 12.2 Å². The standard InChI is InChI=1S/C21H19NO4S/c23-20(17-11-10-15-6-4-5-7-16(15)14-17)22-19(21(24)25)12-13-27(26)18-8-2-1-3-9-18/h1-11,14,19H,12-13H2,(H,22,23)(H,24,25)/t19-,27-/m1/s1. The van der Waals surface area contributed by atoms with Gasteiger partial charge in [0.25, 0.3) is 5.91 Å². The molecule has 3 aromatic rings. The van der Waals surface area contributed by atoms with Crippen molar-refractivity contribution >= 4 is 33.4 Å². The second-order valence-electron chi connectivity index (χ2n) is 6.08. The number of aliphatic carboxylic acids is 1. The van der Waals surface area contributed by atoms with Crippen molar-refractivity contribution < 1.29 is 18.9 Å². The number of hydrogen-bond acceptors (Lipinski definition) is 3. The van der Waals surface area contributed by atoms with Gasteiger partial charge in [0.05, 0.1) is 10.8 Å². The first kappa shape index (κ1) is 18.8. The molecule has 0 aliphatic rings. The predicted molar refractivity (Wildman–Crippen MR) is 105 cm³/mol. The minimum absolute atomic E-state index is 0.0795. The minimum atomic E-state index is -1.31. The van der Waals surface area contributed by atoms with Crippen LogP contribution in [-0.4, -0.2) is 33.0 Å². The van der Waals surface area contributed by atoms with E-state index >= 15 is 0 Å². The maximum atomic E-state index is 12.5. The van der Waals surface area contributed by atoms with Gasteiger partial charge in [-0.05, 0) is 41.5 Å². The second-order valence-corrected chi connectivity index (χ2v) is 7.65. The zero-order chi connectivity index (χ0) is 19.2. The van der Waals surface area contributed by atoms with Crippen LogP contribution in [0.15, 0.2) is 77.7 Å². The Morgan fingerprint density at radius 3 is 2.30 bits per heavy atom. The summed E-state index contributed by atoms with van der Waals surface area (Å²) < 4.78 is 12.3. The van der Waals surface area contributed by atoms with Gasteiger partial charge in [0, 0.05) is 16.2 Å². The highest BCUT2D eigenvalue weighted by molar-refractivity contribution is 7.85. The van der Waals surface area contributed by atoms with E-state index in [1.165, 1.54) is 0 Å². The first-order chi connectivity index (χ1) is 13.0. The van der Waals surface area contributed by atoms with E-state index in [0.29, 0.717) is 10.5 Å². The summed E-state index contributed by atoms with van der Waals surface area (Å²) in [6, 6.07) is 20.6. The zero-order valence-corrected chi connectivity index (χ0v) is 15.3. The summed E-state index contributed by atoms with van der Waals surface area (Å²) in [7, 11) is -1.31. The molecule has 0 heterocycles. The molecule has 3 aromatic carbocycles. The van der Waals surface area contributed by atoms with Crippen molar-refractivity contribution in [2.24, 2.45) is 0 Å². The molecule has 0 spiro atoms. The van der Waals surface area contributed by atoms with E-state index in [9.17, 15) is 18.9 Å². The van der Waals surface area contributed by atoms with Gasteiger partial charge in [-0.3, -0.25) is 9.00 Å². The van der Waals surface area contributed by atoms with Crippen molar-refractivity contribution in [1.82, 2.24) is 5.32 Å². The topological polar surface area (TPSA) is 83.5 Å². The number of carboxylic acids is 1. The second kappa shape index (κ2) is 8.60. The number of hydrogen-bond donors (Lipinski definition) is 2. The van der Waals surface area contributed by atoms with E-state index < -0.39 is 28.7 Å². The molecule has 1 amide bonds. The fourth-order valence-electron chi connectivity index (χ4n) is 2.74. The molecule has 0 saturated carbocycles. The summed E-state index contributed by atoms with van der Waals surface area (Å²) in [5.41, 5.74) is 0.393. The lowest BCUT2D eigenvalue weighted by molar-refractivity contribution is -0.139. The lowest BCUT2D eigenvalue weighted by Gasteiger charge is -2.14. The minimum Gasteiger partial charge on any atom is -0.480 e. The van der Waals surface area contributed by atoms with Gasteiger partial charge in [-0.25, -0.2) is 4.79 Å². The number of carbonyl (C=O) groups excluding carboxylic acids is 1. The number of nitrogens with one attached hydrogen (secondary N) is 1. The zero-order valence-electron chi connectivity index (χ0n) is 14.5. The van der Waals surface area contributed by atoms with Gasteiger partial charge < -0.3 is 10.4 Å². The summed E-state index contributed by atoms with van der Waals surface area (Å²) in [6.07, 6.45) is 0.0795. The lowest BCUT2D eigenvalue weighted by atomic mass is 10.1. The van der Waals surface area contributed by atoms with Crippen LogP contribution in [0.4, 0.5) is 0 Å². The Morgan fingerprint density at radius 1 is 0.926 bits per heavy atom. The van der Waals surface area contributed by atoms with Gasteiger partial charge in [-0.2, -0.15) is 0 Å². The number of rotatable bonds is 7. The monoisotopic (exact) mass is 381 g/mol. The molecule has 2 N–H and O–H groups in total. The first-order valence-corrected chi connectivity index (χ1v) is 9.82. The highest BCUT2D eigenvalue weighted by Gasteiger charge is 2.22. The molecule has 138 valence electrons. The molecule has 0 aliphatic carbocycles. The van der Waals surface area contributed by atoms with Crippen LogP contribution in [-0.2, 0) is 15.6 Å². The number of benzene rings is 3. The molecule has 0 aliphatic heterocycles. The van der Waals surface area contributed by atoms with Gasteiger partial charge in [0.1, 0.15) is 6.04 Å². The normalized spacial score (nSPS) is 13.0.